The number of non-ortho nitro benzene ring substituents is 1. The van der Waals surface area contributed by atoms with Crippen molar-refractivity contribution >= 4 is 18.1 Å². The van der Waals surface area contributed by atoms with Gasteiger partial charge < -0.3 is 14.8 Å². The summed E-state index contributed by atoms with van der Waals surface area (Å²) in [6.07, 6.45) is -0.529. The van der Waals surface area contributed by atoms with Gasteiger partial charge in [-0.3, -0.25) is 19.7 Å². The van der Waals surface area contributed by atoms with Crippen LogP contribution in [0.25, 0.3) is 0 Å². The molecule has 0 spiro atoms. The third kappa shape index (κ3) is 3.76. The van der Waals surface area contributed by atoms with E-state index in [9.17, 15) is 19.7 Å². The van der Waals surface area contributed by atoms with Gasteiger partial charge in [-0.1, -0.05) is 0 Å². The van der Waals surface area contributed by atoms with Gasteiger partial charge in [-0.05, 0) is 17.7 Å². The summed E-state index contributed by atoms with van der Waals surface area (Å²) in [5, 5.41) is 13.1. The Morgan fingerprint density at radius 3 is 2.62 bits per heavy atom. The van der Waals surface area contributed by atoms with Crippen LogP contribution in [0.4, 0.5) is 5.69 Å². The molecule has 1 heterocycles. The zero-order valence-electron chi connectivity index (χ0n) is 11.1. The summed E-state index contributed by atoms with van der Waals surface area (Å²) in [6.45, 7) is 0.952. The van der Waals surface area contributed by atoms with Gasteiger partial charge in [0.25, 0.3) is 12.2 Å². The smallest absolute Gasteiger partial charge is 0.293 e. The fourth-order valence-electron chi connectivity index (χ4n) is 1.94. The lowest BCUT2D eigenvalue weighted by molar-refractivity contribution is -0.384. The first kappa shape index (κ1) is 14.9. The molecule has 1 amide bonds. The minimum Gasteiger partial charge on any atom is -0.465 e. The van der Waals surface area contributed by atoms with E-state index in [1.54, 1.807) is 12.1 Å². The molecule has 1 aliphatic heterocycles. The minimum atomic E-state index is -0.529. The number of nitrogens with zero attached hydrogens (tertiary/aromatic N) is 1. The number of hydrogen-bond donors (Lipinski definition) is 1. The average molecular weight is 294 g/mol. The van der Waals surface area contributed by atoms with Gasteiger partial charge in [0, 0.05) is 18.7 Å². The second kappa shape index (κ2) is 6.80. The molecule has 1 saturated heterocycles. The number of ether oxygens (including phenoxy) is 2. The zero-order valence-corrected chi connectivity index (χ0v) is 11.1. The average Bonchev–Trinajstić information content (AvgIpc) is 2.48. The second-order valence-corrected chi connectivity index (χ2v) is 4.55. The highest BCUT2D eigenvalue weighted by Gasteiger charge is 2.36. The molecule has 8 heteroatoms. The number of carbonyl (C=O) groups is 2. The van der Waals surface area contributed by atoms with Gasteiger partial charge in [0.05, 0.1) is 17.4 Å². The van der Waals surface area contributed by atoms with Crippen LogP contribution in [0.15, 0.2) is 24.3 Å². The summed E-state index contributed by atoms with van der Waals surface area (Å²) in [6, 6.07) is 5.92. The van der Waals surface area contributed by atoms with Crippen molar-refractivity contribution in [2.75, 3.05) is 13.2 Å². The van der Waals surface area contributed by atoms with Crippen LogP contribution in [0.1, 0.15) is 5.56 Å². The van der Waals surface area contributed by atoms with Gasteiger partial charge in [-0.25, -0.2) is 0 Å². The summed E-state index contributed by atoms with van der Waals surface area (Å²) in [5.74, 6) is -0.485. The maximum absolute atomic E-state index is 11.4. The predicted molar refractivity (Wildman–Crippen MR) is 70.2 cm³/mol. The Morgan fingerprint density at radius 1 is 1.43 bits per heavy atom. The number of amides is 1. The molecule has 2 unspecified atom stereocenters. The third-order valence-electron chi connectivity index (χ3n) is 3.22. The van der Waals surface area contributed by atoms with Crippen LogP contribution < -0.4 is 5.32 Å². The predicted octanol–water partition coefficient (Wildman–Crippen LogP) is 0.399. The molecule has 0 bridgehead atoms. The van der Waals surface area contributed by atoms with E-state index in [1.165, 1.54) is 12.1 Å². The van der Waals surface area contributed by atoms with Crippen molar-refractivity contribution in [2.45, 2.75) is 12.7 Å². The molecule has 2 rings (SSSR count). The van der Waals surface area contributed by atoms with Crippen LogP contribution in [0, 0.1) is 16.0 Å². The van der Waals surface area contributed by atoms with Crippen molar-refractivity contribution in [3.8, 4) is 0 Å². The summed E-state index contributed by atoms with van der Waals surface area (Å²) in [7, 11) is 0. The van der Waals surface area contributed by atoms with Gasteiger partial charge >= 0.3 is 0 Å². The number of carbonyl (C=O) groups excluding carboxylic acids is 2. The molecule has 0 saturated carbocycles. The quantitative estimate of drug-likeness (QED) is 0.322. The summed E-state index contributed by atoms with van der Waals surface area (Å²) < 4.78 is 10.3. The Bertz CT molecular complexity index is 530. The molecule has 1 aromatic rings. The van der Waals surface area contributed by atoms with E-state index in [0.29, 0.717) is 13.0 Å². The first-order valence-corrected chi connectivity index (χ1v) is 6.29. The van der Waals surface area contributed by atoms with E-state index >= 15 is 0 Å². The molecule has 1 fully saturated rings. The van der Waals surface area contributed by atoms with Crippen LogP contribution in [0.2, 0.25) is 0 Å². The molecular formula is C13H14N2O6. The van der Waals surface area contributed by atoms with Gasteiger partial charge in [0.2, 0.25) is 5.91 Å². The Kier molecular flexibility index (Phi) is 4.83. The van der Waals surface area contributed by atoms with Crippen molar-refractivity contribution in [3.63, 3.8) is 0 Å². The minimum absolute atomic E-state index is 0.00189. The summed E-state index contributed by atoms with van der Waals surface area (Å²) in [4.78, 5) is 31.7. The first-order valence-electron chi connectivity index (χ1n) is 6.29. The van der Waals surface area contributed by atoms with E-state index in [0.717, 1.165) is 5.56 Å². The maximum Gasteiger partial charge on any atom is 0.293 e. The highest BCUT2D eigenvalue weighted by atomic mass is 16.6. The van der Waals surface area contributed by atoms with E-state index < -0.39 is 11.0 Å². The van der Waals surface area contributed by atoms with Gasteiger partial charge in [0.1, 0.15) is 12.7 Å². The van der Waals surface area contributed by atoms with Crippen molar-refractivity contribution < 1.29 is 24.0 Å². The van der Waals surface area contributed by atoms with Gasteiger partial charge in [-0.2, -0.15) is 0 Å². The molecule has 0 aliphatic carbocycles. The topological polar surface area (TPSA) is 108 Å². The third-order valence-corrected chi connectivity index (χ3v) is 3.22. The van der Waals surface area contributed by atoms with Gasteiger partial charge in [-0.15, -0.1) is 0 Å². The van der Waals surface area contributed by atoms with Crippen molar-refractivity contribution in [1.29, 1.82) is 0 Å². The maximum atomic E-state index is 11.4. The summed E-state index contributed by atoms with van der Waals surface area (Å²) in [5.41, 5.74) is 0.731. The molecule has 1 aromatic carbocycles. The lowest BCUT2D eigenvalue weighted by Crippen LogP contribution is -2.55. The molecule has 1 aliphatic rings. The van der Waals surface area contributed by atoms with Crippen molar-refractivity contribution in [3.05, 3.63) is 39.9 Å². The van der Waals surface area contributed by atoms with Crippen molar-refractivity contribution in [1.82, 2.24) is 5.32 Å². The second-order valence-electron chi connectivity index (χ2n) is 4.55. The first-order chi connectivity index (χ1) is 10.1. The number of β-lactam (4-membered cyclic amide) rings is 1. The SMILES string of the molecule is O=COCC(OCc1ccc([N+](=O)[O-])cc1)C1CNC1=O. The van der Waals surface area contributed by atoms with E-state index in [-0.39, 0.29) is 30.7 Å². The number of nitrogens with one attached hydrogen (secondary N) is 1. The molecule has 112 valence electrons. The van der Waals surface area contributed by atoms with Crippen LogP contribution in [0.3, 0.4) is 0 Å². The molecule has 21 heavy (non-hydrogen) atoms. The van der Waals surface area contributed by atoms with E-state index in [2.05, 4.69) is 10.1 Å². The fraction of sp³-hybridized carbons (Fsp3) is 0.385. The number of hydrogen-bond acceptors (Lipinski definition) is 6. The molecule has 0 radical (unpaired) electrons. The number of nitro benzene ring substituents is 1. The zero-order chi connectivity index (χ0) is 15.2. The van der Waals surface area contributed by atoms with E-state index in [4.69, 9.17) is 4.74 Å². The highest BCUT2D eigenvalue weighted by molar-refractivity contribution is 5.85. The Balaban J connectivity index is 1.92. The number of benzene rings is 1. The number of rotatable bonds is 8. The molecule has 1 N–H and O–H groups in total. The largest absolute Gasteiger partial charge is 0.465 e. The van der Waals surface area contributed by atoms with E-state index in [1.807, 2.05) is 0 Å². The Labute approximate surface area is 120 Å². The normalized spacial score (nSPS) is 18.3. The summed E-state index contributed by atoms with van der Waals surface area (Å²) >= 11 is 0. The molecule has 0 aromatic heterocycles. The van der Waals surface area contributed by atoms with Crippen LogP contribution in [0.5, 0.6) is 0 Å². The number of nitro groups is 1. The Morgan fingerprint density at radius 2 is 2.14 bits per heavy atom. The monoisotopic (exact) mass is 294 g/mol. The highest BCUT2D eigenvalue weighted by Crippen LogP contribution is 2.18. The lowest BCUT2D eigenvalue weighted by Gasteiger charge is -2.32. The molecule has 8 nitrogen and oxygen atoms in total. The Hall–Kier alpha value is -2.48. The molecular weight excluding hydrogens is 280 g/mol. The van der Waals surface area contributed by atoms with Crippen LogP contribution >= 0.6 is 0 Å². The van der Waals surface area contributed by atoms with Crippen molar-refractivity contribution in [2.24, 2.45) is 5.92 Å². The van der Waals surface area contributed by atoms with Crippen LogP contribution in [-0.4, -0.2) is 36.6 Å². The van der Waals surface area contributed by atoms with Crippen LogP contribution in [-0.2, 0) is 25.7 Å². The van der Waals surface area contributed by atoms with Gasteiger partial charge in [0.15, 0.2) is 0 Å². The lowest BCUT2D eigenvalue weighted by atomic mass is 9.95. The standard InChI is InChI=1S/C13H14N2O6/c16-8-20-7-12(11-5-14-13(11)17)21-6-9-1-3-10(4-2-9)15(18)19/h1-4,8,11-12H,5-7H2,(H,14,17). The molecule has 2 atom stereocenters. The fourth-order valence-corrected chi connectivity index (χ4v) is 1.94.